The largest absolute Gasteiger partial charge is 0.487 e. The van der Waals surface area contributed by atoms with Crippen LogP contribution >= 0.6 is 11.6 Å². The van der Waals surface area contributed by atoms with E-state index >= 15 is 0 Å². The monoisotopic (exact) mass is 600 g/mol. The zero-order valence-electron chi connectivity index (χ0n) is 23.9. The highest BCUT2D eigenvalue weighted by molar-refractivity contribution is 7.90. The van der Waals surface area contributed by atoms with Crippen LogP contribution in [0, 0.1) is 17.8 Å². The normalized spacial score (nSPS) is 27.7. The van der Waals surface area contributed by atoms with Crippen molar-refractivity contribution in [3.63, 3.8) is 0 Å². The Morgan fingerprint density at radius 1 is 1.05 bits per heavy atom. The van der Waals surface area contributed by atoms with E-state index in [2.05, 4.69) is 9.62 Å². The Morgan fingerprint density at radius 2 is 1.85 bits per heavy atom. The quantitative estimate of drug-likeness (QED) is 0.397. The van der Waals surface area contributed by atoms with E-state index in [1.54, 1.807) is 18.2 Å². The molecule has 2 aliphatic heterocycles. The van der Waals surface area contributed by atoms with Gasteiger partial charge in [0, 0.05) is 23.7 Å². The second-order valence-electron chi connectivity index (χ2n) is 12.1. The molecule has 0 unspecified atom stereocenters. The number of carbonyl (C=O) groups excluding carboxylic acids is 1. The number of fused-ring (bicyclic) bond motifs is 3. The molecule has 0 spiro atoms. The van der Waals surface area contributed by atoms with Gasteiger partial charge in [-0.15, -0.1) is 0 Å². The highest BCUT2D eigenvalue weighted by Gasteiger charge is 2.37. The summed E-state index contributed by atoms with van der Waals surface area (Å²) in [5.74, 6) is 0.312. The van der Waals surface area contributed by atoms with Crippen LogP contribution in [0.25, 0.3) is 0 Å². The number of amides is 1. The minimum Gasteiger partial charge on any atom is -0.487 e. The zero-order chi connectivity index (χ0) is 29.1. The van der Waals surface area contributed by atoms with E-state index in [0.29, 0.717) is 29.7 Å². The van der Waals surface area contributed by atoms with Crippen molar-refractivity contribution in [3.05, 3.63) is 70.3 Å². The van der Waals surface area contributed by atoms with E-state index in [1.807, 2.05) is 44.2 Å². The first-order valence-corrected chi connectivity index (χ1v) is 16.7. The number of sulfonamides is 1. The summed E-state index contributed by atoms with van der Waals surface area (Å²) in [4.78, 5) is 15.6. The number of hydrogen-bond acceptors (Lipinski definition) is 6. The summed E-state index contributed by atoms with van der Waals surface area (Å²) in [6.07, 6.45) is 8.81. The molecule has 2 bridgehead atoms. The number of aryl methyl sites for hydroxylation is 1. The molecule has 5 rings (SSSR count). The lowest BCUT2D eigenvalue weighted by molar-refractivity contribution is 0.0180. The maximum Gasteiger partial charge on any atom is 0.264 e. The lowest BCUT2D eigenvalue weighted by Crippen LogP contribution is -2.44. The van der Waals surface area contributed by atoms with E-state index in [9.17, 15) is 18.3 Å². The summed E-state index contributed by atoms with van der Waals surface area (Å²) < 4.78 is 35.3. The van der Waals surface area contributed by atoms with Gasteiger partial charge in [0.15, 0.2) is 0 Å². The molecule has 0 saturated heterocycles. The van der Waals surface area contributed by atoms with Crippen molar-refractivity contribution in [2.45, 2.75) is 76.8 Å². The van der Waals surface area contributed by atoms with Crippen LogP contribution in [0.3, 0.4) is 0 Å². The van der Waals surface area contributed by atoms with Gasteiger partial charge < -0.3 is 14.7 Å². The van der Waals surface area contributed by atoms with Crippen molar-refractivity contribution < 1.29 is 23.1 Å². The van der Waals surface area contributed by atoms with Gasteiger partial charge in [-0.25, -0.2) is 13.1 Å². The van der Waals surface area contributed by atoms with Gasteiger partial charge in [-0.1, -0.05) is 43.7 Å². The van der Waals surface area contributed by atoms with E-state index in [0.717, 1.165) is 56.4 Å². The van der Waals surface area contributed by atoms with Crippen molar-refractivity contribution >= 4 is 33.2 Å². The number of allylic oxidation sites excluding steroid dienone is 1. The molecule has 2 N–H and O–H groups in total. The molecule has 0 aromatic heterocycles. The second kappa shape index (κ2) is 12.8. The number of nitrogens with zero attached hydrogens (tertiary/aromatic N) is 1. The lowest BCUT2D eigenvalue weighted by Gasteiger charge is -2.43. The molecular formula is C32H41ClN2O5S. The fraction of sp³-hybridized carbons (Fsp3) is 0.531. The number of nitrogens with one attached hydrogen (secondary N) is 1. The first-order chi connectivity index (χ1) is 19.6. The summed E-state index contributed by atoms with van der Waals surface area (Å²) in [5, 5.41) is 11.0. The van der Waals surface area contributed by atoms with Gasteiger partial charge in [-0.3, -0.25) is 4.79 Å². The van der Waals surface area contributed by atoms with Gasteiger partial charge in [0.2, 0.25) is 10.0 Å². The minimum atomic E-state index is -3.94. The summed E-state index contributed by atoms with van der Waals surface area (Å²) in [6, 6.07) is 11.1. The maximum absolute atomic E-state index is 13.4. The third kappa shape index (κ3) is 6.92. The third-order valence-corrected chi connectivity index (χ3v) is 11.2. The average molecular weight is 601 g/mol. The third-order valence-electron chi connectivity index (χ3n) is 8.95. The Labute approximate surface area is 249 Å². The lowest BCUT2D eigenvalue weighted by atomic mass is 9.69. The molecule has 2 aromatic rings. The van der Waals surface area contributed by atoms with E-state index in [4.69, 9.17) is 16.3 Å². The average Bonchev–Trinajstić information content (AvgIpc) is 2.93. The molecule has 7 nitrogen and oxygen atoms in total. The Bertz CT molecular complexity index is 1390. The second-order valence-corrected chi connectivity index (χ2v) is 14.4. The van der Waals surface area contributed by atoms with E-state index in [1.165, 1.54) is 5.56 Å². The van der Waals surface area contributed by atoms with Gasteiger partial charge in [-0.2, -0.15) is 0 Å². The molecule has 1 saturated carbocycles. The number of carbonyl (C=O) groups is 1. The SMILES string of the molecule is CC(C)[C@H]1C/C=C\C[C@@H](O)[C@@H]2CC[C@H]2CN2CCCCc3cc(Cl)ccc3COc3ccc(cc32)C(=O)NS1(=O)=O. The molecule has 0 radical (unpaired) electrons. The standard InChI is InChI=1S/C32H41ClN2O5S/c1-21(2)31-9-4-3-8-29(36)27-14-11-24(27)19-35-16-6-5-7-22-17-26(33)13-10-25(22)20-40-30-15-12-23(18-28(30)35)32(37)34-41(31,38)39/h3-4,10,12-13,15,17-18,21,24,27,29,31,36H,5-9,11,14,16,19-20H2,1-2H3,(H,34,37)/b4-3-/t24-,27+,29+,31+/m0/s1. The van der Waals surface area contributed by atoms with Crippen LogP contribution in [0.4, 0.5) is 5.69 Å². The molecule has 4 atom stereocenters. The first kappa shape index (κ1) is 29.9. The molecule has 2 heterocycles. The molecule has 222 valence electrons. The number of ether oxygens (including phenoxy) is 1. The van der Waals surface area contributed by atoms with E-state index < -0.39 is 27.3 Å². The molecule has 2 aromatic carbocycles. The van der Waals surface area contributed by atoms with Gasteiger partial charge in [-0.05, 0) is 104 Å². The summed E-state index contributed by atoms with van der Waals surface area (Å²) in [6.45, 7) is 5.54. The molecule has 3 aliphatic rings. The Balaban J connectivity index is 1.54. The van der Waals surface area contributed by atoms with Crippen molar-refractivity contribution in [2.75, 3.05) is 18.0 Å². The Kier molecular flexibility index (Phi) is 9.31. The maximum atomic E-state index is 13.4. The van der Waals surface area contributed by atoms with Crippen LogP contribution in [-0.4, -0.2) is 43.9 Å². The predicted octanol–water partition coefficient (Wildman–Crippen LogP) is 5.88. The molecule has 1 amide bonds. The number of aliphatic hydroxyl groups excluding tert-OH is 1. The number of rotatable bonds is 1. The highest BCUT2D eigenvalue weighted by atomic mass is 35.5. The molecule has 1 aliphatic carbocycles. The van der Waals surface area contributed by atoms with Gasteiger partial charge in [0.1, 0.15) is 12.4 Å². The number of benzene rings is 2. The summed E-state index contributed by atoms with van der Waals surface area (Å²) >= 11 is 6.30. The molecule has 9 heteroatoms. The highest BCUT2D eigenvalue weighted by Crippen LogP contribution is 2.41. The molecular weight excluding hydrogens is 560 g/mol. The van der Waals surface area contributed by atoms with Crippen molar-refractivity contribution in [1.29, 1.82) is 0 Å². The summed E-state index contributed by atoms with van der Waals surface area (Å²) in [7, 11) is -3.94. The van der Waals surface area contributed by atoms with Crippen LogP contribution in [0.15, 0.2) is 48.6 Å². The Morgan fingerprint density at radius 3 is 2.61 bits per heavy atom. The smallest absolute Gasteiger partial charge is 0.264 e. The topological polar surface area (TPSA) is 95.9 Å². The van der Waals surface area contributed by atoms with Crippen LogP contribution in [0.5, 0.6) is 5.75 Å². The van der Waals surface area contributed by atoms with Gasteiger partial charge >= 0.3 is 0 Å². The van der Waals surface area contributed by atoms with Crippen molar-refractivity contribution in [3.8, 4) is 5.75 Å². The molecule has 41 heavy (non-hydrogen) atoms. The number of hydrogen-bond donors (Lipinski definition) is 2. The zero-order valence-corrected chi connectivity index (χ0v) is 25.5. The van der Waals surface area contributed by atoms with Crippen molar-refractivity contribution in [1.82, 2.24) is 4.72 Å². The van der Waals surface area contributed by atoms with Gasteiger partial charge in [0.05, 0.1) is 17.0 Å². The van der Waals surface area contributed by atoms with Crippen LogP contribution in [0.1, 0.15) is 73.9 Å². The number of halogens is 1. The summed E-state index contributed by atoms with van der Waals surface area (Å²) in [5.41, 5.74) is 3.30. The van der Waals surface area contributed by atoms with E-state index in [-0.39, 0.29) is 23.8 Å². The number of anilines is 1. The fourth-order valence-electron chi connectivity index (χ4n) is 6.35. The predicted molar refractivity (Wildman–Crippen MR) is 163 cm³/mol. The number of aliphatic hydroxyl groups is 1. The van der Waals surface area contributed by atoms with Crippen LogP contribution in [0.2, 0.25) is 5.02 Å². The fourth-order valence-corrected chi connectivity index (χ4v) is 8.16. The van der Waals surface area contributed by atoms with Crippen LogP contribution < -0.4 is 14.4 Å². The van der Waals surface area contributed by atoms with Crippen molar-refractivity contribution in [2.24, 2.45) is 17.8 Å². The Hall–Kier alpha value is -2.55. The molecule has 1 fully saturated rings. The van der Waals surface area contributed by atoms with Crippen LogP contribution in [-0.2, 0) is 23.1 Å². The minimum absolute atomic E-state index is 0.178. The first-order valence-electron chi connectivity index (χ1n) is 14.8. The van der Waals surface area contributed by atoms with Gasteiger partial charge in [0.25, 0.3) is 5.91 Å².